The van der Waals surface area contributed by atoms with Gasteiger partial charge in [-0.1, -0.05) is 49.4 Å². The summed E-state index contributed by atoms with van der Waals surface area (Å²) in [5.41, 5.74) is 1.92. The fourth-order valence-corrected chi connectivity index (χ4v) is 5.93. The molecule has 2 amide bonds. The van der Waals surface area contributed by atoms with E-state index in [9.17, 15) is 9.59 Å². The van der Waals surface area contributed by atoms with Gasteiger partial charge in [-0.15, -0.1) is 11.3 Å². The van der Waals surface area contributed by atoms with Crippen LogP contribution in [0.2, 0.25) is 10.0 Å². The normalized spacial score (nSPS) is 12.5. The van der Waals surface area contributed by atoms with Crippen LogP contribution in [-0.2, 0) is 17.6 Å². The average molecular weight is 542 g/mol. The van der Waals surface area contributed by atoms with Crippen LogP contribution in [0.3, 0.4) is 0 Å². The van der Waals surface area contributed by atoms with E-state index in [2.05, 4.69) is 17.6 Å². The fourth-order valence-electron chi connectivity index (χ4n) is 4.05. The summed E-state index contributed by atoms with van der Waals surface area (Å²) in [7, 11) is 0. The Morgan fingerprint density at radius 2 is 1.77 bits per heavy atom. The van der Waals surface area contributed by atoms with E-state index >= 15 is 0 Å². The third kappa shape index (κ3) is 7.59. The minimum atomic E-state index is -0.367. The number of hydrogen-bond donors (Lipinski definition) is 2. The molecule has 1 heterocycles. The molecule has 0 saturated heterocycles. The number of nitrogens with one attached hydrogen (secondary N) is 2. The summed E-state index contributed by atoms with van der Waals surface area (Å²) in [5.74, 6) is -0.142. The second-order valence-corrected chi connectivity index (χ2v) is 10.4. The van der Waals surface area contributed by atoms with Crippen molar-refractivity contribution in [2.24, 2.45) is 0 Å². The summed E-state index contributed by atoms with van der Waals surface area (Å²) in [5, 5.41) is 7.03. The lowest BCUT2D eigenvalue weighted by Crippen LogP contribution is -2.27. The number of hydrogen-bond acceptors (Lipinski definition) is 5. The molecule has 0 saturated carbocycles. The van der Waals surface area contributed by atoms with Crippen molar-refractivity contribution < 1.29 is 19.1 Å². The van der Waals surface area contributed by atoms with Crippen LogP contribution >= 0.6 is 34.5 Å². The molecule has 0 aliphatic heterocycles. The molecule has 1 aromatic carbocycles. The number of anilines is 1. The van der Waals surface area contributed by atoms with Crippen molar-refractivity contribution in [3.8, 4) is 5.75 Å². The molecule has 0 bridgehead atoms. The molecule has 1 aromatic heterocycles. The molecule has 1 aliphatic carbocycles. The van der Waals surface area contributed by atoms with Crippen molar-refractivity contribution in [1.82, 2.24) is 5.32 Å². The third-order valence-electron chi connectivity index (χ3n) is 5.84. The Morgan fingerprint density at radius 1 is 1.00 bits per heavy atom. The highest BCUT2D eigenvalue weighted by molar-refractivity contribution is 7.17. The van der Waals surface area contributed by atoms with Gasteiger partial charge in [-0.25, -0.2) is 0 Å². The smallest absolute Gasteiger partial charge is 0.256 e. The van der Waals surface area contributed by atoms with Gasteiger partial charge in [-0.3, -0.25) is 9.59 Å². The van der Waals surface area contributed by atoms with Crippen molar-refractivity contribution in [2.45, 2.75) is 65.2 Å². The number of fused-ring (bicyclic) bond motifs is 1. The van der Waals surface area contributed by atoms with Crippen molar-refractivity contribution in [1.29, 1.82) is 0 Å². The zero-order chi connectivity index (χ0) is 25.2. The topological polar surface area (TPSA) is 76.7 Å². The standard InChI is InChI=1S/C26H34Cl2N2O4S/c1-3-5-6-7-14-34-23-19(27)15-17(16-20(23)28)24(31)30-26-22(18-10-8-11-21(18)35-26)25(32)29-12-9-13-33-4-2/h15-16H,3-14H2,1-2H3,(H,29,32)(H,30,31). The van der Waals surface area contributed by atoms with Crippen LogP contribution in [0, 0.1) is 0 Å². The van der Waals surface area contributed by atoms with Gasteiger partial charge in [0.05, 0.1) is 22.2 Å². The van der Waals surface area contributed by atoms with E-state index < -0.39 is 0 Å². The molecule has 35 heavy (non-hydrogen) atoms. The Morgan fingerprint density at radius 3 is 2.49 bits per heavy atom. The van der Waals surface area contributed by atoms with Crippen LogP contribution in [0.5, 0.6) is 5.75 Å². The van der Waals surface area contributed by atoms with Crippen LogP contribution in [0.25, 0.3) is 0 Å². The van der Waals surface area contributed by atoms with Crippen LogP contribution in [0.1, 0.15) is 83.5 Å². The highest BCUT2D eigenvalue weighted by atomic mass is 35.5. The lowest BCUT2D eigenvalue weighted by molar-refractivity contribution is 0.0944. The van der Waals surface area contributed by atoms with Gasteiger partial charge in [0.15, 0.2) is 5.75 Å². The number of rotatable bonds is 14. The zero-order valence-corrected chi connectivity index (χ0v) is 22.8. The van der Waals surface area contributed by atoms with Crippen molar-refractivity contribution >= 4 is 51.4 Å². The van der Waals surface area contributed by atoms with Crippen molar-refractivity contribution in [3.63, 3.8) is 0 Å². The Kier molecular flexibility index (Phi) is 11.2. The Labute approximate surface area is 221 Å². The lowest BCUT2D eigenvalue weighted by atomic mass is 10.1. The predicted molar refractivity (Wildman–Crippen MR) is 144 cm³/mol. The molecule has 0 fully saturated rings. The summed E-state index contributed by atoms with van der Waals surface area (Å²) in [6.45, 7) is 6.39. The van der Waals surface area contributed by atoms with Gasteiger partial charge in [0.1, 0.15) is 5.00 Å². The van der Waals surface area contributed by atoms with Crippen molar-refractivity contribution in [2.75, 3.05) is 31.7 Å². The summed E-state index contributed by atoms with van der Waals surface area (Å²) >= 11 is 14.3. The molecule has 0 unspecified atom stereocenters. The number of halogens is 2. The van der Waals surface area contributed by atoms with Gasteiger partial charge < -0.3 is 20.1 Å². The monoisotopic (exact) mass is 540 g/mol. The highest BCUT2D eigenvalue weighted by Gasteiger charge is 2.28. The summed E-state index contributed by atoms with van der Waals surface area (Å²) in [4.78, 5) is 27.2. The molecule has 2 N–H and O–H groups in total. The SMILES string of the molecule is CCCCCCOc1c(Cl)cc(C(=O)Nc2sc3c(c2C(=O)NCCCOCC)CCC3)cc1Cl. The van der Waals surface area contributed by atoms with Crippen LogP contribution in [0.4, 0.5) is 5.00 Å². The lowest BCUT2D eigenvalue weighted by Gasteiger charge is -2.13. The third-order valence-corrected chi connectivity index (χ3v) is 7.60. The van der Waals surface area contributed by atoms with Gasteiger partial charge in [-0.05, 0) is 56.7 Å². The van der Waals surface area contributed by atoms with E-state index in [-0.39, 0.29) is 11.8 Å². The summed E-state index contributed by atoms with van der Waals surface area (Å²) in [6, 6.07) is 3.11. The number of aryl methyl sites for hydroxylation is 1. The minimum Gasteiger partial charge on any atom is -0.490 e. The molecule has 6 nitrogen and oxygen atoms in total. The molecule has 192 valence electrons. The molecule has 0 radical (unpaired) electrons. The van der Waals surface area contributed by atoms with Crippen LogP contribution in [0.15, 0.2) is 12.1 Å². The van der Waals surface area contributed by atoms with Gasteiger partial charge in [0, 0.05) is 30.2 Å². The second-order valence-electron chi connectivity index (χ2n) is 8.50. The second kappa shape index (κ2) is 14.1. The Bertz CT molecular complexity index is 1000. The molecule has 0 atom stereocenters. The van der Waals surface area contributed by atoms with Gasteiger partial charge in [0.25, 0.3) is 11.8 Å². The predicted octanol–water partition coefficient (Wildman–Crippen LogP) is 6.91. The highest BCUT2D eigenvalue weighted by Crippen LogP contribution is 2.40. The first-order chi connectivity index (χ1) is 17.0. The largest absolute Gasteiger partial charge is 0.490 e. The molecule has 1 aliphatic rings. The van der Waals surface area contributed by atoms with E-state index in [0.29, 0.717) is 58.3 Å². The van der Waals surface area contributed by atoms with Gasteiger partial charge in [0.2, 0.25) is 0 Å². The van der Waals surface area contributed by atoms with Gasteiger partial charge >= 0.3 is 0 Å². The number of ether oxygens (including phenoxy) is 2. The zero-order valence-electron chi connectivity index (χ0n) is 20.4. The first-order valence-corrected chi connectivity index (χ1v) is 14.0. The number of amides is 2. The number of carbonyl (C=O) groups is 2. The van der Waals surface area contributed by atoms with E-state index in [1.165, 1.54) is 11.3 Å². The number of unbranched alkanes of at least 4 members (excludes halogenated alkanes) is 3. The minimum absolute atomic E-state index is 0.168. The molecule has 3 rings (SSSR count). The average Bonchev–Trinajstić information content (AvgIpc) is 3.40. The van der Waals surface area contributed by atoms with E-state index in [4.69, 9.17) is 32.7 Å². The van der Waals surface area contributed by atoms with Crippen LogP contribution in [-0.4, -0.2) is 38.2 Å². The fraction of sp³-hybridized carbons (Fsp3) is 0.538. The van der Waals surface area contributed by atoms with Crippen LogP contribution < -0.4 is 15.4 Å². The Hall–Kier alpha value is -1.80. The maximum Gasteiger partial charge on any atom is 0.256 e. The molecule has 0 spiro atoms. The Balaban J connectivity index is 1.69. The molecule has 2 aromatic rings. The maximum absolute atomic E-state index is 13.1. The summed E-state index contributed by atoms with van der Waals surface area (Å²) < 4.78 is 11.1. The number of thiophene rings is 1. The number of benzene rings is 1. The van der Waals surface area contributed by atoms with Gasteiger partial charge in [-0.2, -0.15) is 0 Å². The first-order valence-electron chi connectivity index (χ1n) is 12.4. The molecular formula is C26H34Cl2N2O4S. The molecule has 9 heteroatoms. The van der Waals surface area contributed by atoms with E-state index in [0.717, 1.165) is 61.8 Å². The van der Waals surface area contributed by atoms with Crippen molar-refractivity contribution in [3.05, 3.63) is 43.7 Å². The van der Waals surface area contributed by atoms with E-state index in [1.54, 1.807) is 12.1 Å². The maximum atomic E-state index is 13.1. The number of carbonyl (C=O) groups excluding carboxylic acids is 2. The van der Waals surface area contributed by atoms with E-state index in [1.807, 2.05) is 6.92 Å². The molecular weight excluding hydrogens is 507 g/mol. The first kappa shape index (κ1) is 27.8. The summed E-state index contributed by atoms with van der Waals surface area (Å²) in [6.07, 6.45) is 7.82. The quantitative estimate of drug-likeness (QED) is 0.255.